The quantitative estimate of drug-likeness (QED) is 0.594. The zero-order valence-electron chi connectivity index (χ0n) is 17.7. The molecule has 5 heterocycles. The first-order valence-corrected chi connectivity index (χ1v) is 10.6. The Morgan fingerprint density at radius 3 is 2.39 bits per heavy atom. The largest absolute Gasteiger partial charge is 0.377 e. The lowest BCUT2D eigenvalue weighted by Crippen LogP contribution is -2.46. The van der Waals surface area contributed by atoms with E-state index in [1.807, 2.05) is 12.1 Å². The molecular weight excluding hydrogens is 399 g/mol. The number of fused-ring (bicyclic) bond motifs is 1. The molecule has 0 radical (unpaired) electrons. The van der Waals surface area contributed by atoms with Crippen LogP contribution in [-0.4, -0.2) is 71.5 Å². The van der Waals surface area contributed by atoms with Gasteiger partial charge < -0.3 is 19.3 Å². The van der Waals surface area contributed by atoms with Gasteiger partial charge in [-0.2, -0.15) is 14.4 Å². The Morgan fingerprint density at radius 2 is 1.68 bits per heavy atom. The molecule has 0 saturated carbocycles. The minimum absolute atomic E-state index is 0.165. The van der Waals surface area contributed by atoms with Crippen LogP contribution in [-0.2, 0) is 9.47 Å². The molecule has 8 nitrogen and oxygen atoms in total. The molecule has 0 aromatic carbocycles. The van der Waals surface area contributed by atoms with Gasteiger partial charge in [-0.05, 0) is 32.0 Å². The van der Waals surface area contributed by atoms with E-state index in [1.165, 1.54) is 12.3 Å². The molecule has 2 saturated heterocycles. The van der Waals surface area contributed by atoms with Gasteiger partial charge in [-0.25, -0.2) is 9.97 Å². The van der Waals surface area contributed by atoms with Crippen molar-refractivity contribution in [3.05, 3.63) is 36.4 Å². The molecule has 0 bridgehead atoms. The molecule has 5 rings (SSSR count). The fraction of sp³-hybridized carbons (Fsp3) is 0.455. The summed E-state index contributed by atoms with van der Waals surface area (Å²) >= 11 is 0. The Balaban J connectivity index is 1.66. The summed E-state index contributed by atoms with van der Waals surface area (Å²) in [6.45, 7) is 8.28. The van der Waals surface area contributed by atoms with Crippen LogP contribution in [0.4, 0.5) is 16.2 Å². The SMILES string of the molecule is C[C@H]1COCCN1c1nc(N2CCOC[C@@H]2C)c2ccc(-c3ccnc(F)c3)nc2n1. The van der Waals surface area contributed by atoms with Crippen molar-refractivity contribution in [2.45, 2.75) is 25.9 Å². The molecule has 162 valence electrons. The molecule has 0 aliphatic carbocycles. The van der Waals surface area contributed by atoms with Crippen molar-refractivity contribution in [1.82, 2.24) is 19.9 Å². The minimum Gasteiger partial charge on any atom is -0.377 e. The zero-order chi connectivity index (χ0) is 21.4. The highest BCUT2D eigenvalue weighted by Crippen LogP contribution is 2.31. The van der Waals surface area contributed by atoms with Crippen LogP contribution in [0.25, 0.3) is 22.3 Å². The van der Waals surface area contributed by atoms with Gasteiger partial charge in [0.2, 0.25) is 11.9 Å². The maximum absolute atomic E-state index is 13.7. The molecule has 9 heteroatoms. The third-order valence-corrected chi connectivity index (χ3v) is 5.81. The highest BCUT2D eigenvalue weighted by Gasteiger charge is 2.27. The van der Waals surface area contributed by atoms with Crippen LogP contribution in [0.2, 0.25) is 0 Å². The summed E-state index contributed by atoms with van der Waals surface area (Å²) < 4.78 is 24.9. The van der Waals surface area contributed by atoms with Crippen LogP contribution in [0.3, 0.4) is 0 Å². The van der Waals surface area contributed by atoms with Crippen LogP contribution in [0.1, 0.15) is 13.8 Å². The summed E-state index contributed by atoms with van der Waals surface area (Å²) in [5, 5.41) is 0.872. The first-order chi connectivity index (χ1) is 15.1. The van der Waals surface area contributed by atoms with Crippen LogP contribution in [0.15, 0.2) is 30.5 Å². The lowest BCUT2D eigenvalue weighted by Gasteiger charge is -2.37. The number of hydrogen-bond donors (Lipinski definition) is 0. The van der Waals surface area contributed by atoms with Gasteiger partial charge in [0.25, 0.3) is 0 Å². The van der Waals surface area contributed by atoms with Gasteiger partial charge in [0.15, 0.2) is 5.65 Å². The van der Waals surface area contributed by atoms with E-state index >= 15 is 0 Å². The Hall–Kier alpha value is -2.91. The first kappa shape index (κ1) is 20.0. The summed E-state index contributed by atoms with van der Waals surface area (Å²) in [6, 6.07) is 7.33. The maximum atomic E-state index is 13.7. The number of hydrogen-bond acceptors (Lipinski definition) is 8. The average molecular weight is 424 g/mol. The van der Waals surface area contributed by atoms with E-state index in [1.54, 1.807) is 6.07 Å². The fourth-order valence-corrected chi connectivity index (χ4v) is 4.12. The van der Waals surface area contributed by atoms with Crippen molar-refractivity contribution in [2.75, 3.05) is 49.3 Å². The lowest BCUT2D eigenvalue weighted by molar-refractivity contribution is 0.0973. The van der Waals surface area contributed by atoms with Gasteiger partial charge in [-0.1, -0.05) is 0 Å². The van der Waals surface area contributed by atoms with E-state index in [9.17, 15) is 4.39 Å². The van der Waals surface area contributed by atoms with Gasteiger partial charge in [-0.15, -0.1) is 0 Å². The summed E-state index contributed by atoms with van der Waals surface area (Å²) in [6.07, 6.45) is 1.44. The summed E-state index contributed by atoms with van der Waals surface area (Å²) in [5.41, 5.74) is 1.90. The number of pyridine rings is 2. The van der Waals surface area contributed by atoms with Gasteiger partial charge in [0.1, 0.15) is 5.82 Å². The number of halogens is 1. The van der Waals surface area contributed by atoms with Crippen molar-refractivity contribution in [2.24, 2.45) is 0 Å². The predicted molar refractivity (Wildman–Crippen MR) is 116 cm³/mol. The Labute approximate surface area is 180 Å². The molecule has 2 atom stereocenters. The highest BCUT2D eigenvalue weighted by molar-refractivity contribution is 5.90. The number of anilines is 2. The third kappa shape index (κ3) is 3.90. The van der Waals surface area contributed by atoms with Crippen molar-refractivity contribution >= 4 is 22.8 Å². The van der Waals surface area contributed by atoms with Crippen LogP contribution in [0, 0.1) is 5.95 Å². The van der Waals surface area contributed by atoms with Gasteiger partial charge >= 0.3 is 0 Å². The molecule has 0 amide bonds. The van der Waals surface area contributed by atoms with E-state index in [2.05, 4.69) is 28.6 Å². The monoisotopic (exact) mass is 424 g/mol. The molecule has 3 aromatic heterocycles. The predicted octanol–water partition coefficient (Wildman–Crippen LogP) is 2.68. The second-order valence-electron chi connectivity index (χ2n) is 8.02. The summed E-state index contributed by atoms with van der Waals surface area (Å²) in [5.74, 6) is 0.963. The van der Waals surface area contributed by atoms with Gasteiger partial charge in [-0.3, -0.25) is 0 Å². The molecular formula is C22H25FN6O2. The van der Waals surface area contributed by atoms with E-state index in [4.69, 9.17) is 24.4 Å². The van der Waals surface area contributed by atoms with E-state index < -0.39 is 5.95 Å². The van der Waals surface area contributed by atoms with E-state index in [0.29, 0.717) is 49.3 Å². The third-order valence-electron chi connectivity index (χ3n) is 5.81. The van der Waals surface area contributed by atoms with Gasteiger partial charge in [0, 0.05) is 30.9 Å². The number of morpholine rings is 2. The topological polar surface area (TPSA) is 76.5 Å². The normalized spacial score (nSPS) is 22.2. The number of nitrogens with zero attached hydrogens (tertiary/aromatic N) is 6. The Morgan fingerprint density at radius 1 is 0.935 bits per heavy atom. The van der Waals surface area contributed by atoms with Crippen molar-refractivity contribution in [3.63, 3.8) is 0 Å². The Bertz CT molecular complexity index is 1100. The lowest BCUT2D eigenvalue weighted by atomic mass is 10.1. The average Bonchev–Trinajstić information content (AvgIpc) is 2.79. The highest BCUT2D eigenvalue weighted by atomic mass is 19.1. The summed E-state index contributed by atoms with van der Waals surface area (Å²) in [4.78, 5) is 22.7. The van der Waals surface area contributed by atoms with E-state index in [-0.39, 0.29) is 12.1 Å². The second-order valence-corrected chi connectivity index (χ2v) is 8.02. The second kappa shape index (κ2) is 8.32. The van der Waals surface area contributed by atoms with Crippen LogP contribution in [0.5, 0.6) is 0 Å². The number of rotatable bonds is 3. The molecule has 2 aliphatic rings. The zero-order valence-corrected chi connectivity index (χ0v) is 17.7. The smallest absolute Gasteiger partial charge is 0.229 e. The van der Waals surface area contributed by atoms with Gasteiger partial charge in [0.05, 0.1) is 49.6 Å². The summed E-state index contributed by atoms with van der Waals surface area (Å²) in [7, 11) is 0. The van der Waals surface area contributed by atoms with E-state index in [0.717, 1.165) is 24.3 Å². The molecule has 2 aliphatic heterocycles. The van der Waals surface area contributed by atoms with Crippen molar-refractivity contribution in [3.8, 4) is 11.3 Å². The maximum Gasteiger partial charge on any atom is 0.229 e. The van der Waals surface area contributed by atoms with Crippen molar-refractivity contribution in [1.29, 1.82) is 0 Å². The van der Waals surface area contributed by atoms with Crippen molar-refractivity contribution < 1.29 is 13.9 Å². The fourth-order valence-electron chi connectivity index (χ4n) is 4.12. The standard InChI is InChI=1S/C22H25FN6O2/c1-14-12-30-9-7-28(14)21-17-3-4-18(16-5-6-24-19(23)11-16)25-20(17)26-22(27-21)29-8-10-31-13-15(29)2/h3-6,11,14-15H,7-10,12-13H2,1-2H3/t14-,15-/m0/s1. The molecule has 0 N–H and O–H groups in total. The van der Waals surface area contributed by atoms with Crippen LogP contribution >= 0.6 is 0 Å². The molecule has 3 aromatic rings. The Kier molecular flexibility index (Phi) is 5.37. The number of ether oxygens (including phenoxy) is 2. The molecule has 2 fully saturated rings. The number of aromatic nitrogens is 4. The molecule has 0 spiro atoms. The molecule has 0 unspecified atom stereocenters. The molecule has 31 heavy (non-hydrogen) atoms. The minimum atomic E-state index is -0.534. The van der Waals surface area contributed by atoms with Crippen LogP contribution < -0.4 is 9.80 Å². The first-order valence-electron chi connectivity index (χ1n) is 10.6.